The fourth-order valence-corrected chi connectivity index (χ4v) is 0. The molecule has 0 saturated carbocycles. The zero-order valence-electron chi connectivity index (χ0n) is 5.21. The molecular weight excluding hydrogens is 169 g/mol. The molecule has 38 valence electrons. The molecule has 0 aliphatic rings. The van der Waals surface area contributed by atoms with E-state index in [0.717, 1.165) is 0 Å². The molecule has 0 fully saturated rings. The van der Waals surface area contributed by atoms with E-state index < -0.39 is 0 Å². The number of rotatable bonds is 1. The highest BCUT2D eigenvalue weighted by atomic mass is 30.2. The molecule has 6 heteroatoms. The molecule has 0 aliphatic carbocycles. The van der Waals surface area contributed by atoms with Crippen molar-refractivity contribution in [1.29, 1.82) is 0 Å². The molecule has 0 aliphatic heterocycles. The van der Waals surface area contributed by atoms with Crippen molar-refractivity contribution in [3.8, 4) is 0 Å². The van der Waals surface area contributed by atoms with E-state index in [1.54, 1.807) is 39.0 Å². The lowest BCUT2D eigenvalue weighted by Gasteiger charge is -2.08. The molecule has 0 nitrogen and oxygen atoms in total. The van der Waals surface area contributed by atoms with Gasteiger partial charge in [0.1, 0.15) is 0 Å². The van der Waals surface area contributed by atoms with Gasteiger partial charge in [-0.05, 0) is 53.7 Å². The molecule has 0 spiro atoms. The van der Waals surface area contributed by atoms with Crippen molar-refractivity contribution in [3.63, 3.8) is 0 Å². The molecule has 0 radical (unpaired) electrons. The van der Waals surface area contributed by atoms with E-state index in [2.05, 4.69) is 0 Å². The molecule has 0 unspecified atom stereocenters. The minimum absolute atomic E-state index is 0.0139. The minimum Gasteiger partial charge on any atom is -0.0119 e. The summed E-state index contributed by atoms with van der Waals surface area (Å²) in [4.78, 5) is 0. The SMILES string of the molecule is [SiH3][SiH2][Si]([SiH3])([SiH3])[SiH3]. The molecule has 0 bridgehead atoms. The van der Waals surface area contributed by atoms with Crippen molar-refractivity contribution in [2.24, 2.45) is 0 Å². The van der Waals surface area contributed by atoms with Crippen LogP contribution in [-0.4, -0.2) is 53.7 Å². The van der Waals surface area contributed by atoms with E-state index in [0.29, 0.717) is 8.55 Å². The molecule has 0 heterocycles. The summed E-state index contributed by atoms with van der Waals surface area (Å²) in [6.45, 7) is 0. The van der Waals surface area contributed by atoms with Gasteiger partial charge in [-0.15, -0.1) is 0 Å². The first-order valence-electron chi connectivity index (χ1n) is 2.56. The maximum absolute atomic E-state index is 1.69. The fraction of sp³-hybridized carbons (Fsp3) is 0. The van der Waals surface area contributed by atoms with Crippen molar-refractivity contribution in [1.82, 2.24) is 0 Å². The van der Waals surface area contributed by atoms with Gasteiger partial charge in [-0.2, -0.15) is 0 Å². The summed E-state index contributed by atoms with van der Waals surface area (Å²) in [7, 11) is 7.43. The van der Waals surface area contributed by atoms with E-state index in [4.69, 9.17) is 0 Å². The first-order chi connectivity index (χ1) is 2.56. The van der Waals surface area contributed by atoms with Crippen LogP contribution in [0.4, 0.5) is 0 Å². The fourth-order valence-electron chi connectivity index (χ4n) is 0. The quantitative estimate of drug-likeness (QED) is 0.355. The van der Waals surface area contributed by atoms with Crippen LogP contribution >= 0.6 is 0 Å². The largest absolute Gasteiger partial charge is 0.0119 e. The van der Waals surface area contributed by atoms with Crippen LogP contribution in [0, 0.1) is 0 Å². The second-order valence-electron chi connectivity index (χ2n) is 2.91. The highest BCUT2D eigenvalue weighted by Crippen LogP contribution is 1.70. The van der Waals surface area contributed by atoms with Crippen LogP contribution in [0.3, 0.4) is 0 Å². The van der Waals surface area contributed by atoms with E-state index in [1.165, 1.54) is 0 Å². The standard InChI is InChI=1S/H14Si6/c1-5-6(2,3)4/h5H2,1-4H3. The van der Waals surface area contributed by atoms with Crippen LogP contribution in [0.15, 0.2) is 0 Å². The molecule has 6 heavy (non-hydrogen) atoms. The van der Waals surface area contributed by atoms with Gasteiger partial charge in [0, 0.05) is 0 Å². The van der Waals surface area contributed by atoms with Gasteiger partial charge in [0.15, 0.2) is 0 Å². The lowest BCUT2D eigenvalue weighted by molar-refractivity contribution is 3.68. The average Bonchev–Trinajstić information content (AvgIpc) is 1.35. The minimum atomic E-state index is -0.0139. The van der Waals surface area contributed by atoms with Crippen LogP contribution in [0.25, 0.3) is 0 Å². The Hall–Kier alpha value is 1.30. The summed E-state index contributed by atoms with van der Waals surface area (Å²) < 4.78 is 0. The summed E-state index contributed by atoms with van der Waals surface area (Å²) in [5.74, 6) is 0. The van der Waals surface area contributed by atoms with Crippen molar-refractivity contribution in [3.05, 3.63) is 0 Å². The van der Waals surface area contributed by atoms with Gasteiger partial charge in [0.05, 0.1) is 0 Å². The van der Waals surface area contributed by atoms with Crippen LogP contribution in [0.1, 0.15) is 0 Å². The molecule has 0 aromatic carbocycles. The maximum atomic E-state index is 1.69. The Morgan fingerprint density at radius 2 is 1.33 bits per heavy atom. The van der Waals surface area contributed by atoms with Gasteiger partial charge in [0.25, 0.3) is 0 Å². The van der Waals surface area contributed by atoms with Gasteiger partial charge in [0.2, 0.25) is 0 Å². The molecular formula is H14Si6. The van der Waals surface area contributed by atoms with Crippen LogP contribution in [0.2, 0.25) is 0 Å². The first kappa shape index (κ1) is 7.30. The second-order valence-corrected chi connectivity index (χ2v) is 78.7. The Kier molecular flexibility index (Phi) is 3.13. The Bertz CT molecular complexity index is 29.8. The zero-order valence-corrected chi connectivity index (χ0v) is 15.6. The normalized spacial score (nSPS) is 24.0. The van der Waals surface area contributed by atoms with Gasteiger partial charge in [-0.3, -0.25) is 0 Å². The lowest BCUT2D eigenvalue weighted by atomic mass is 26.0. The highest BCUT2D eigenvalue weighted by Gasteiger charge is 2.07. The Morgan fingerprint density at radius 1 is 1.17 bits per heavy atom. The topological polar surface area (TPSA) is 0 Å². The summed E-state index contributed by atoms with van der Waals surface area (Å²) in [6, 6.07) is 0. The number of hydrogen-bond donors (Lipinski definition) is 0. The third-order valence-electron chi connectivity index (χ3n) is 1.06. The van der Waals surface area contributed by atoms with Crippen LogP contribution in [-0.2, 0) is 0 Å². The van der Waals surface area contributed by atoms with Crippen molar-refractivity contribution < 1.29 is 0 Å². The molecule has 0 aromatic rings. The molecule has 0 N–H and O–H groups in total. The Labute approximate surface area is 54.0 Å². The van der Waals surface area contributed by atoms with Gasteiger partial charge < -0.3 is 0 Å². The Balaban J connectivity index is 3.17. The molecule has 0 rings (SSSR count). The summed E-state index contributed by atoms with van der Waals surface area (Å²) in [5.41, 5.74) is 0. The van der Waals surface area contributed by atoms with Crippen LogP contribution < -0.4 is 0 Å². The van der Waals surface area contributed by atoms with Gasteiger partial charge in [-0.1, -0.05) is 0 Å². The maximum Gasteiger partial charge on any atom is -0.00635 e. The average molecular weight is 183 g/mol. The van der Waals surface area contributed by atoms with E-state index >= 15 is 0 Å². The van der Waals surface area contributed by atoms with Crippen molar-refractivity contribution in [2.45, 2.75) is 0 Å². The van der Waals surface area contributed by atoms with Gasteiger partial charge in [-0.25, -0.2) is 0 Å². The Morgan fingerprint density at radius 3 is 1.33 bits per heavy atom. The van der Waals surface area contributed by atoms with E-state index in [9.17, 15) is 0 Å². The molecule has 0 saturated heterocycles. The van der Waals surface area contributed by atoms with Crippen LogP contribution in [0.5, 0.6) is 0 Å². The first-order valence-corrected chi connectivity index (χ1v) is 23.0. The predicted molar refractivity (Wildman–Crippen MR) is 54.1 cm³/mol. The third kappa shape index (κ3) is 5.30. The zero-order chi connectivity index (χ0) is 5.21. The third-order valence-corrected chi connectivity index (χ3v) is 85.9. The van der Waals surface area contributed by atoms with E-state index in [-0.39, 0.29) is 6.14 Å². The molecule has 0 atom stereocenters. The lowest BCUT2D eigenvalue weighted by Crippen LogP contribution is -2.45. The number of hydrogen-bond acceptors (Lipinski definition) is 0. The summed E-state index contributed by atoms with van der Waals surface area (Å²) in [6.07, 6.45) is -0.0139. The summed E-state index contributed by atoms with van der Waals surface area (Å²) >= 11 is 0. The van der Waals surface area contributed by atoms with Crippen molar-refractivity contribution in [2.75, 3.05) is 0 Å². The summed E-state index contributed by atoms with van der Waals surface area (Å²) in [5, 5.41) is 0. The highest BCUT2D eigenvalue weighted by molar-refractivity contribution is 7.83. The van der Waals surface area contributed by atoms with E-state index in [1.807, 2.05) is 0 Å². The monoisotopic (exact) mass is 182 g/mol. The van der Waals surface area contributed by atoms with Gasteiger partial charge >= 0.3 is 0 Å². The smallest absolute Gasteiger partial charge is 0.00635 e. The predicted octanol–water partition coefficient (Wildman–Crippen LogP) is -6.03. The molecule has 0 amide bonds. The molecule has 0 aromatic heterocycles. The second kappa shape index (κ2) is 2.57. The van der Waals surface area contributed by atoms with Crippen molar-refractivity contribution >= 4 is 53.7 Å².